The topological polar surface area (TPSA) is 240 Å². The van der Waals surface area contributed by atoms with Crippen LogP contribution in [0.1, 0.15) is 131 Å². The van der Waals surface area contributed by atoms with Crippen molar-refractivity contribution in [2.45, 2.75) is 180 Å². The van der Waals surface area contributed by atoms with E-state index in [1.54, 1.807) is 68.8 Å². The lowest BCUT2D eigenvalue weighted by atomic mass is 9.89. The van der Waals surface area contributed by atoms with Gasteiger partial charge in [-0.2, -0.15) is 0 Å². The average molecular weight is 1040 g/mol. The van der Waals surface area contributed by atoms with Gasteiger partial charge in [0, 0.05) is 47.7 Å². The van der Waals surface area contributed by atoms with Crippen molar-refractivity contribution in [1.29, 1.82) is 0 Å². The second-order valence-electron chi connectivity index (χ2n) is 20.8. The Morgan fingerprint density at radius 2 is 1.49 bits per heavy atom. The number of aliphatic hydroxyl groups excluding tert-OH is 1. The Morgan fingerprint density at radius 1 is 0.824 bits per heavy atom. The molecule has 12 atom stereocenters. The van der Waals surface area contributed by atoms with Crippen LogP contribution in [0.3, 0.4) is 0 Å². The number of carbonyl (C=O) groups is 8. The van der Waals surface area contributed by atoms with Crippen molar-refractivity contribution in [3.05, 3.63) is 48.0 Å². The summed E-state index contributed by atoms with van der Waals surface area (Å²) in [4.78, 5) is 116. The first kappa shape index (κ1) is 61.1. The van der Waals surface area contributed by atoms with Gasteiger partial charge in [-0.05, 0) is 74.8 Å². The van der Waals surface area contributed by atoms with Gasteiger partial charge in [-0.25, -0.2) is 9.59 Å². The molecule has 3 aliphatic rings. The molecule has 1 aromatic rings. The maximum atomic E-state index is 14.7. The molecule has 0 spiro atoms. The molecule has 2 unspecified atom stereocenters. The average Bonchev–Trinajstić information content (AvgIpc) is 3.98. The highest BCUT2D eigenvalue weighted by molar-refractivity contribution is 6.01. The smallest absolute Gasteiger partial charge is 0.410 e. The van der Waals surface area contributed by atoms with Crippen molar-refractivity contribution in [2.75, 3.05) is 41.5 Å². The molecule has 2 fully saturated rings. The van der Waals surface area contributed by atoms with Crippen LogP contribution < -0.4 is 10.6 Å². The number of hydroxylamine groups is 2. The molecule has 414 valence electrons. The third-order valence-corrected chi connectivity index (χ3v) is 14.7. The first-order chi connectivity index (χ1) is 35.1. The predicted molar refractivity (Wildman–Crippen MR) is 273 cm³/mol. The summed E-state index contributed by atoms with van der Waals surface area (Å²) >= 11 is 0. The van der Waals surface area contributed by atoms with E-state index in [1.165, 1.54) is 26.2 Å². The number of rotatable bonds is 25. The summed E-state index contributed by atoms with van der Waals surface area (Å²) in [7, 11) is 6.18. The van der Waals surface area contributed by atoms with E-state index >= 15 is 0 Å². The lowest BCUT2D eigenvalue weighted by Crippen LogP contribution is -2.60. The van der Waals surface area contributed by atoms with Gasteiger partial charge in [0.05, 0.1) is 54.9 Å². The molecule has 7 amide bonds. The fourth-order valence-electron chi connectivity index (χ4n) is 10.3. The molecule has 0 radical (unpaired) electrons. The van der Waals surface area contributed by atoms with Crippen molar-refractivity contribution >= 4 is 47.5 Å². The number of hydrogen-bond acceptors (Lipinski definition) is 14. The number of nitrogens with one attached hydrogen (secondary N) is 2. The zero-order valence-electron chi connectivity index (χ0n) is 45.7. The molecule has 1 aliphatic carbocycles. The zero-order chi connectivity index (χ0) is 55.0. The number of nitrogens with zero attached hydrogens (tertiary/aromatic N) is 4. The van der Waals surface area contributed by atoms with Gasteiger partial charge in [-0.1, -0.05) is 91.3 Å². The first-order valence-electron chi connectivity index (χ1n) is 26.3. The van der Waals surface area contributed by atoms with E-state index in [0.717, 1.165) is 0 Å². The van der Waals surface area contributed by atoms with E-state index in [2.05, 4.69) is 10.6 Å². The van der Waals surface area contributed by atoms with Gasteiger partial charge >= 0.3 is 12.1 Å². The van der Waals surface area contributed by atoms with Gasteiger partial charge in [0.15, 0.2) is 0 Å². The van der Waals surface area contributed by atoms with Gasteiger partial charge in [0.1, 0.15) is 24.8 Å². The highest BCUT2D eigenvalue weighted by Crippen LogP contribution is 2.30. The number of carbonyl (C=O) groups excluding carboxylic acids is 8. The standard InChI is InChI=1S/C54H84N6O14/c1-13-34(6)48(41(70-11)30-44(63)59-29-19-26-40(59)50(71-12)35(7)51(66)55-36(8)49(65)37-20-15-14-16-21-37)57(9)53(68)46(32(2)3)56-52(67)47(33(4)5)58(10)54(69)73-39-24-17-22-38(23-18-25-39)72-31-45(64)74-60-42(61)27-28-43(60)62/h14-17,20-21,24,32-36,38-41,46-50,65H,13,18-19,22-23,25-31H2,1-12H3,(H,55,66)(H,56,67)/t34-,35+,36+,38?,39?,40-,41+,46-,47-,48-,49+,50+/m0/s1. The first-order valence-corrected chi connectivity index (χ1v) is 26.3. The van der Waals surface area contributed by atoms with E-state index in [0.29, 0.717) is 62.1 Å². The van der Waals surface area contributed by atoms with Crippen molar-refractivity contribution < 1.29 is 67.2 Å². The summed E-state index contributed by atoms with van der Waals surface area (Å²) in [5.41, 5.74) is 0.679. The number of likely N-dealkylation sites (tertiary alicyclic amines) is 1. The van der Waals surface area contributed by atoms with E-state index in [9.17, 15) is 43.5 Å². The molecule has 1 aromatic carbocycles. The van der Waals surface area contributed by atoms with Crippen molar-refractivity contribution in [1.82, 2.24) is 30.4 Å². The van der Waals surface area contributed by atoms with Crippen LogP contribution in [0.5, 0.6) is 0 Å². The minimum absolute atomic E-state index is 0.0115. The molecule has 20 nitrogen and oxygen atoms in total. The van der Waals surface area contributed by atoms with Crippen LogP contribution in [-0.2, 0) is 57.3 Å². The monoisotopic (exact) mass is 1040 g/mol. The number of aliphatic hydroxyl groups is 1. The van der Waals surface area contributed by atoms with E-state index < -0.39 is 96.9 Å². The number of hydrogen-bond donors (Lipinski definition) is 3. The number of imide groups is 1. The van der Waals surface area contributed by atoms with Gasteiger partial charge in [-0.15, -0.1) is 5.06 Å². The second-order valence-corrected chi connectivity index (χ2v) is 20.8. The largest absolute Gasteiger partial charge is 0.442 e. The van der Waals surface area contributed by atoms with Crippen LogP contribution in [0.25, 0.3) is 0 Å². The van der Waals surface area contributed by atoms with Crippen LogP contribution in [0, 0.1) is 23.7 Å². The SMILES string of the molecule is CC[C@H](C)[C@@H]([C@@H](CC(=O)N1CCC[C@H]1[C@H](OC)[C@@H](C)C(=O)N[C@H](C)[C@@H](O)c1ccccc1)OC)N(C)C(=O)[C@@H](NC(=O)[C@H](C(C)C)N(C)C(=O)OC1C=CCC(OCC(=O)ON2C(=O)CCC2=O)CCC1)C(C)C. The molecular weight excluding hydrogens is 957 g/mol. The molecule has 0 aromatic heterocycles. The number of ether oxygens (including phenoxy) is 4. The lowest BCUT2D eigenvalue weighted by molar-refractivity contribution is -0.201. The van der Waals surface area contributed by atoms with Gasteiger partial charge < -0.3 is 49.3 Å². The van der Waals surface area contributed by atoms with Crippen LogP contribution in [0.15, 0.2) is 42.5 Å². The molecule has 0 saturated carbocycles. The van der Waals surface area contributed by atoms with Crippen LogP contribution in [-0.4, -0.2) is 168 Å². The molecule has 2 aliphatic heterocycles. The highest BCUT2D eigenvalue weighted by Gasteiger charge is 2.44. The fraction of sp³-hybridized carbons (Fsp3) is 0.704. The minimum Gasteiger partial charge on any atom is -0.442 e. The van der Waals surface area contributed by atoms with Crippen molar-refractivity contribution in [3.8, 4) is 0 Å². The maximum absolute atomic E-state index is 14.7. The minimum atomic E-state index is -1.01. The van der Waals surface area contributed by atoms with E-state index in [-0.39, 0.29) is 60.8 Å². The van der Waals surface area contributed by atoms with Crippen LogP contribution in [0.4, 0.5) is 4.79 Å². The summed E-state index contributed by atoms with van der Waals surface area (Å²) in [6, 6.07) is 5.48. The molecule has 20 heteroatoms. The van der Waals surface area contributed by atoms with Crippen LogP contribution >= 0.6 is 0 Å². The van der Waals surface area contributed by atoms with E-state index in [1.807, 2.05) is 45.9 Å². The fourth-order valence-corrected chi connectivity index (χ4v) is 10.3. The summed E-state index contributed by atoms with van der Waals surface area (Å²) in [6.07, 6.45) is 3.30. The molecule has 74 heavy (non-hydrogen) atoms. The Morgan fingerprint density at radius 3 is 2.08 bits per heavy atom. The molecule has 4 rings (SSSR count). The van der Waals surface area contributed by atoms with Gasteiger partial charge in [0.2, 0.25) is 23.6 Å². The molecule has 0 bridgehead atoms. The maximum Gasteiger partial charge on any atom is 0.410 e. The number of benzene rings is 1. The Bertz CT molecular complexity index is 2070. The highest BCUT2D eigenvalue weighted by atomic mass is 16.7. The Hall–Kier alpha value is -5.44. The van der Waals surface area contributed by atoms with Gasteiger partial charge in [-0.3, -0.25) is 33.7 Å². The van der Waals surface area contributed by atoms with Crippen LogP contribution in [0.2, 0.25) is 0 Å². The third kappa shape index (κ3) is 16.3. The Balaban J connectivity index is 1.38. The van der Waals surface area contributed by atoms with Crippen molar-refractivity contribution in [3.63, 3.8) is 0 Å². The van der Waals surface area contributed by atoms with Gasteiger partial charge in [0.25, 0.3) is 11.8 Å². The molecular formula is C54H84N6O14. The molecule has 3 N–H and O–H groups in total. The quantitative estimate of drug-likeness (QED) is 0.0875. The molecule has 2 heterocycles. The third-order valence-electron chi connectivity index (χ3n) is 14.7. The normalized spacial score (nSPS) is 21.9. The van der Waals surface area contributed by atoms with E-state index in [4.69, 9.17) is 23.8 Å². The summed E-state index contributed by atoms with van der Waals surface area (Å²) in [5.74, 6) is -5.03. The summed E-state index contributed by atoms with van der Waals surface area (Å²) in [5, 5.41) is 17.3. The zero-order valence-corrected chi connectivity index (χ0v) is 45.7. The van der Waals surface area contributed by atoms with Crippen molar-refractivity contribution in [2.24, 2.45) is 23.7 Å². The number of likely N-dealkylation sites (N-methyl/N-ethyl adjacent to an activating group) is 2. The lowest BCUT2D eigenvalue weighted by Gasteiger charge is -2.41. The second kappa shape index (κ2) is 29.0. The number of methoxy groups -OCH3 is 2. The Kier molecular flexibility index (Phi) is 24.0. The molecule has 2 saturated heterocycles. The predicted octanol–water partition coefficient (Wildman–Crippen LogP) is 4.87. The Labute approximate surface area is 437 Å². The summed E-state index contributed by atoms with van der Waals surface area (Å²) in [6.45, 7) is 14.7. The number of amides is 7. The summed E-state index contributed by atoms with van der Waals surface area (Å²) < 4.78 is 23.6.